The van der Waals surface area contributed by atoms with Crippen molar-refractivity contribution in [3.63, 3.8) is 0 Å². The number of likely N-dealkylation sites (N-methyl/N-ethyl adjacent to an activating group) is 2. The summed E-state index contributed by atoms with van der Waals surface area (Å²) in [4.78, 5) is 15.5. The third-order valence-electron chi connectivity index (χ3n) is 4.36. The molecule has 0 bridgehead atoms. The summed E-state index contributed by atoms with van der Waals surface area (Å²) in [5, 5.41) is 0. The zero-order chi connectivity index (χ0) is 18.9. The average molecular weight is 355 g/mol. The highest BCUT2D eigenvalue weighted by Crippen LogP contribution is 2.22. The summed E-state index contributed by atoms with van der Waals surface area (Å²) in [7, 11) is 5.59. The van der Waals surface area contributed by atoms with E-state index in [9.17, 15) is 4.79 Å². The van der Waals surface area contributed by atoms with Crippen LogP contribution in [0, 0.1) is 0 Å². The van der Waals surface area contributed by atoms with Crippen LogP contribution in [0.5, 0.6) is 0 Å². The van der Waals surface area contributed by atoms with Gasteiger partial charge in [0.1, 0.15) is 0 Å². The predicted octanol–water partition coefficient (Wildman–Crippen LogP) is 2.35. The van der Waals surface area contributed by atoms with E-state index in [-0.39, 0.29) is 12.5 Å². The Labute approximate surface area is 156 Å². The maximum Gasteiger partial charge on any atom is 0.236 e. The number of methoxy groups -OCH3 is 1. The molecular weight excluding hydrogens is 326 g/mol. The summed E-state index contributed by atoms with van der Waals surface area (Å²) in [5.41, 5.74) is 10.1. The van der Waals surface area contributed by atoms with E-state index in [1.54, 1.807) is 19.1 Å². The van der Waals surface area contributed by atoms with Gasteiger partial charge in [0.05, 0.1) is 13.2 Å². The zero-order valence-corrected chi connectivity index (χ0v) is 15.9. The molecule has 2 rings (SSSR count). The van der Waals surface area contributed by atoms with E-state index < -0.39 is 0 Å². The van der Waals surface area contributed by atoms with Crippen molar-refractivity contribution >= 4 is 5.91 Å². The van der Waals surface area contributed by atoms with E-state index in [2.05, 4.69) is 48.3 Å². The van der Waals surface area contributed by atoms with E-state index in [1.165, 1.54) is 11.1 Å². The summed E-state index contributed by atoms with van der Waals surface area (Å²) in [6.45, 7) is 3.15. The molecule has 0 aliphatic carbocycles. The first kappa shape index (κ1) is 20.1. The molecule has 2 aromatic rings. The average Bonchev–Trinajstić information content (AvgIpc) is 2.66. The van der Waals surface area contributed by atoms with E-state index >= 15 is 0 Å². The van der Waals surface area contributed by atoms with Crippen LogP contribution >= 0.6 is 0 Å². The second kappa shape index (κ2) is 10.1. The van der Waals surface area contributed by atoms with Crippen molar-refractivity contribution in [2.24, 2.45) is 5.73 Å². The number of hydrogen-bond donors (Lipinski definition) is 1. The van der Waals surface area contributed by atoms with Crippen LogP contribution in [0.4, 0.5) is 0 Å². The van der Waals surface area contributed by atoms with Crippen molar-refractivity contribution in [1.29, 1.82) is 0 Å². The van der Waals surface area contributed by atoms with Crippen molar-refractivity contribution in [2.45, 2.75) is 13.1 Å². The minimum atomic E-state index is -0.0580. The molecule has 0 aliphatic rings. The fraction of sp³-hybridized carbons (Fsp3) is 0.381. The maximum absolute atomic E-state index is 11.7. The number of carbonyl (C=O) groups excluding carboxylic acids is 1. The first-order valence-electron chi connectivity index (χ1n) is 8.83. The Morgan fingerprint density at radius 1 is 1.00 bits per heavy atom. The minimum absolute atomic E-state index is 0.0382. The lowest BCUT2D eigenvalue weighted by Crippen LogP contribution is -2.32. The Bertz CT molecular complexity index is 701. The lowest BCUT2D eigenvalue weighted by atomic mass is 10.0. The van der Waals surface area contributed by atoms with Gasteiger partial charge in [-0.3, -0.25) is 9.69 Å². The molecule has 0 saturated carbocycles. The van der Waals surface area contributed by atoms with Gasteiger partial charge in [-0.05, 0) is 35.4 Å². The fourth-order valence-corrected chi connectivity index (χ4v) is 2.81. The molecule has 0 unspecified atom stereocenters. The van der Waals surface area contributed by atoms with Gasteiger partial charge < -0.3 is 15.4 Å². The van der Waals surface area contributed by atoms with Crippen LogP contribution in [-0.4, -0.2) is 56.6 Å². The predicted molar refractivity (Wildman–Crippen MR) is 106 cm³/mol. The van der Waals surface area contributed by atoms with Crippen molar-refractivity contribution in [3.05, 3.63) is 59.7 Å². The normalized spacial score (nSPS) is 11.0. The molecule has 0 aliphatic heterocycles. The quantitative estimate of drug-likeness (QED) is 0.750. The molecule has 0 spiro atoms. The lowest BCUT2D eigenvalue weighted by molar-refractivity contribution is -0.128. The SMILES string of the molecule is COCCN(C)Cc1ccc(-c2cccc(CN(C)C(=O)CN)c2)cc1. The van der Waals surface area contributed by atoms with Crippen LogP contribution in [0.2, 0.25) is 0 Å². The van der Waals surface area contributed by atoms with E-state index in [4.69, 9.17) is 10.5 Å². The number of ether oxygens (including phenoxy) is 1. The standard InChI is InChI=1S/C21H29N3O2/c1-23(11-12-26-3)15-17-7-9-19(10-8-17)20-6-4-5-18(13-20)16-24(2)21(25)14-22/h4-10,13H,11-12,14-16,22H2,1-3H3. The van der Waals surface area contributed by atoms with Gasteiger partial charge in [-0.15, -0.1) is 0 Å². The highest BCUT2D eigenvalue weighted by molar-refractivity contribution is 5.77. The Balaban J connectivity index is 2.04. The summed E-state index contributed by atoms with van der Waals surface area (Å²) in [6.07, 6.45) is 0. The minimum Gasteiger partial charge on any atom is -0.383 e. The molecular formula is C21H29N3O2. The highest BCUT2D eigenvalue weighted by atomic mass is 16.5. The molecule has 0 radical (unpaired) electrons. The van der Waals surface area contributed by atoms with Gasteiger partial charge in [-0.1, -0.05) is 42.5 Å². The number of rotatable bonds is 9. The lowest BCUT2D eigenvalue weighted by Gasteiger charge is -2.17. The van der Waals surface area contributed by atoms with E-state index in [1.807, 2.05) is 12.1 Å². The molecule has 0 atom stereocenters. The molecule has 0 fully saturated rings. The number of hydrogen-bond acceptors (Lipinski definition) is 4. The summed E-state index contributed by atoms with van der Waals surface area (Å²) >= 11 is 0. The zero-order valence-electron chi connectivity index (χ0n) is 15.9. The van der Waals surface area contributed by atoms with Crippen LogP contribution < -0.4 is 5.73 Å². The summed E-state index contributed by atoms with van der Waals surface area (Å²) < 4.78 is 5.11. The Morgan fingerprint density at radius 3 is 2.38 bits per heavy atom. The second-order valence-electron chi connectivity index (χ2n) is 6.58. The third kappa shape index (κ3) is 5.95. The number of amides is 1. The molecule has 2 N–H and O–H groups in total. The molecule has 0 aromatic heterocycles. The molecule has 5 nitrogen and oxygen atoms in total. The van der Waals surface area contributed by atoms with Crippen LogP contribution in [0.3, 0.4) is 0 Å². The van der Waals surface area contributed by atoms with Gasteiger partial charge in [-0.2, -0.15) is 0 Å². The van der Waals surface area contributed by atoms with Crippen molar-refractivity contribution in [3.8, 4) is 11.1 Å². The van der Waals surface area contributed by atoms with Crippen molar-refractivity contribution in [1.82, 2.24) is 9.80 Å². The van der Waals surface area contributed by atoms with E-state index in [0.29, 0.717) is 6.54 Å². The smallest absolute Gasteiger partial charge is 0.236 e. The van der Waals surface area contributed by atoms with Crippen molar-refractivity contribution < 1.29 is 9.53 Å². The van der Waals surface area contributed by atoms with Gasteiger partial charge in [0.15, 0.2) is 0 Å². The molecule has 140 valence electrons. The number of nitrogens with zero attached hydrogens (tertiary/aromatic N) is 2. The third-order valence-corrected chi connectivity index (χ3v) is 4.36. The summed E-state index contributed by atoms with van der Waals surface area (Å²) in [6, 6.07) is 16.9. The van der Waals surface area contributed by atoms with Gasteiger partial charge in [0.25, 0.3) is 0 Å². The number of carbonyl (C=O) groups is 1. The Kier molecular flexibility index (Phi) is 7.78. The molecule has 0 heterocycles. The van der Waals surface area contributed by atoms with Gasteiger partial charge in [0, 0.05) is 33.8 Å². The first-order chi connectivity index (χ1) is 12.5. The maximum atomic E-state index is 11.7. The molecule has 1 amide bonds. The van der Waals surface area contributed by atoms with Crippen molar-refractivity contribution in [2.75, 3.05) is 40.9 Å². The van der Waals surface area contributed by atoms with Crippen LogP contribution in [-0.2, 0) is 22.6 Å². The van der Waals surface area contributed by atoms with Crippen LogP contribution in [0.25, 0.3) is 11.1 Å². The fourth-order valence-electron chi connectivity index (χ4n) is 2.81. The Morgan fingerprint density at radius 2 is 1.73 bits per heavy atom. The number of benzene rings is 2. The van der Waals surface area contributed by atoms with E-state index in [0.717, 1.165) is 30.8 Å². The first-order valence-corrected chi connectivity index (χ1v) is 8.83. The van der Waals surface area contributed by atoms with Crippen LogP contribution in [0.1, 0.15) is 11.1 Å². The molecule has 0 saturated heterocycles. The monoisotopic (exact) mass is 355 g/mol. The topological polar surface area (TPSA) is 58.8 Å². The molecule has 2 aromatic carbocycles. The molecule has 5 heteroatoms. The van der Waals surface area contributed by atoms with Gasteiger partial charge in [-0.25, -0.2) is 0 Å². The van der Waals surface area contributed by atoms with Gasteiger partial charge >= 0.3 is 0 Å². The number of nitrogens with two attached hydrogens (primary N) is 1. The Hall–Kier alpha value is -2.21. The second-order valence-corrected chi connectivity index (χ2v) is 6.58. The van der Waals surface area contributed by atoms with Crippen LogP contribution in [0.15, 0.2) is 48.5 Å². The largest absolute Gasteiger partial charge is 0.383 e. The summed E-state index contributed by atoms with van der Waals surface area (Å²) in [5.74, 6) is -0.0580. The highest BCUT2D eigenvalue weighted by Gasteiger charge is 2.08. The molecule has 26 heavy (non-hydrogen) atoms. The van der Waals surface area contributed by atoms with Gasteiger partial charge in [0.2, 0.25) is 5.91 Å².